The lowest BCUT2D eigenvalue weighted by Gasteiger charge is -2.18. The normalized spacial score (nSPS) is 18.8. The lowest BCUT2D eigenvalue weighted by Crippen LogP contribution is -2.34. The van der Waals surface area contributed by atoms with Gasteiger partial charge in [0.05, 0.1) is 12.8 Å². The minimum Gasteiger partial charge on any atom is -0.353 e. The number of benzene rings is 1. The highest BCUT2D eigenvalue weighted by molar-refractivity contribution is 5.80. The number of amides is 2. The number of rotatable bonds is 6. The zero-order chi connectivity index (χ0) is 22.7. The van der Waals surface area contributed by atoms with Crippen LogP contribution in [0.1, 0.15) is 66.4 Å². The number of carbonyl (C=O) groups is 2. The van der Waals surface area contributed by atoms with Crippen LogP contribution < -0.4 is 5.32 Å². The van der Waals surface area contributed by atoms with Gasteiger partial charge in [0.2, 0.25) is 11.8 Å². The summed E-state index contributed by atoms with van der Waals surface area (Å²) in [6.07, 6.45) is 5.80. The molecule has 1 saturated heterocycles. The molecule has 0 radical (unpaired) electrons. The average molecular weight is 439 g/mol. The molecule has 0 unspecified atom stereocenters. The predicted molar refractivity (Wildman–Crippen MR) is 120 cm³/mol. The van der Waals surface area contributed by atoms with Crippen LogP contribution in [0.4, 0.5) is 4.39 Å². The van der Waals surface area contributed by atoms with Gasteiger partial charge in [-0.3, -0.25) is 9.59 Å². The van der Waals surface area contributed by atoms with Crippen LogP contribution in [0.5, 0.6) is 0 Å². The van der Waals surface area contributed by atoms with E-state index < -0.39 is 0 Å². The molecule has 7 heteroatoms. The van der Waals surface area contributed by atoms with E-state index >= 15 is 0 Å². The number of aromatic nitrogens is 2. The zero-order valence-electron chi connectivity index (χ0n) is 18.9. The van der Waals surface area contributed by atoms with Crippen LogP contribution in [0.3, 0.4) is 0 Å². The van der Waals surface area contributed by atoms with E-state index in [1.54, 1.807) is 12.1 Å². The average Bonchev–Trinajstić information content (AvgIpc) is 3.43. The maximum atomic E-state index is 13.4. The lowest BCUT2D eigenvalue weighted by molar-refractivity contribution is -0.129. The smallest absolute Gasteiger partial charge is 0.227 e. The van der Waals surface area contributed by atoms with Crippen LogP contribution in [-0.4, -0.2) is 45.8 Å². The molecule has 6 nitrogen and oxygen atoms in total. The minimum absolute atomic E-state index is 0.00764. The van der Waals surface area contributed by atoms with Crippen molar-refractivity contribution in [1.82, 2.24) is 20.2 Å². The molecule has 1 saturated carbocycles. The Morgan fingerprint density at radius 1 is 1.09 bits per heavy atom. The summed E-state index contributed by atoms with van der Waals surface area (Å²) in [4.78, 5) is 36.4. The monoisotopic (exact) mass is 438 g/mol. The Balaban J connectivity index is 1.37. The van der Waals surface area contributed by atoms with Crippen molar-refractivity contribution in [3.05, 3.63) is 58.4 Å². The maximum absolute atomic E-state index is 13.4. The first-order chi connectivity index (χ1) is 15.4. The highest BCUT2D eigenvalue weighted by Gasteiger charge is 2.30. The van der Waals surface area contributed by atoms with E-state index in [0.29, 0.717) is 31.1 Å². The zero-order valence-corrected chi connectivity index (χ0v) is 18.9. The molecule has 1 aliphatic heterocycles. The molecule has 2 aliphatic rings. The van der Waals surface area contributed by atoms with Crippen molar-refractivity contribution in [3.63, 3.8) is 0 Å². The molecule has 2 amide bonds. The fraction of sp³-hybridized carbons (Fsp3) is 0.520. The van der Waals surface area contributed by atoms with Crippen molar-refractivity contribution in [2.24, 2.45) is 0 Å². The SMILES string of the molecule is Cc1nc([C@@H]2CCN(C(=O)Cc3cccc(F)c3)C2)nc(C)c1CC(=O)NC1CCCC1. The van der Waals surface area contributed by atoms with Crippen LogP contribution in [0.2, 0.25) is 0 Å². The highest BCUT2D eigenvalue weighted by Crippen LogP contribution is 2.27. The summed E-state index contributed by atoms with van der Waals surface area (Å²) in [6, 6.07) is 6.48. The second kappa shape index (κ2) is 9.76. The third-order valence-electron chi connectivity index (χ3n) is 6.65. The summed E-state index contributed by atoms with van der Waals surface area (Å²) < 4.78 is 13.4. The van der Waals surface area contributed by atoms with E-state index in [1.807, 2.05) is 18.7 Å². The largest absolute Gasteiger partial charge is 0.353 e. The Morgan fingerprint density at radius 2 is 1.81 bits per heavy atom. The summed E-state index contributed by atoms with van der Waals surface area (Å²) >= 11 is 0. The predicted octanol–water partition coefficient (Wildman–Crippen LogP) is 3.39. The fourth-order valence-electron chi connectivity index (χ4n) is 4.84. The van der Waals surface area contributed by atoms with Gasteiger partial charge in [0.1, 0.15) is 11.6 Å². The number of nitrogens with zero attached hydrogens (tertiary/aromatic N) is 3. The number of halogens is 1. The van der Waals surface area contributed by atoms with Crippen LogP contribution >= 0.6 is 0 Å². The van der Waals surface area contributed by atoms with Crippen LogP contribution in [0, 0.1) is 19.7 Å². The molecule has 0 spiro atoms. The van der Waals surface area contributed by atoms with E-state index in [4.69, 9.17) is 9.97 Å². The first kappa shape index (κ1) is 22.4. The van der Waals surface area contributed by atoms with Crippen molar-refractivity contribution >= 4 is 11.8 Å². The molecule has 0 bridgehead atoms. The topological polar surface area (TPSA) is 75.2 Å². The third kappa shape index (κ3) is 5.31. The van der Waals surface area contributed by atoms with Gasteiger partial charge in [-0.1, -0.05) is 25.0 Å². The Morgan fingerprint density at radius 3 is 2.50 bits per heavy atom. The Kier molecular flexibility index (Phi) is 6.82. The van der Waals surface area contributed by atoms with Crippen molar-refractivity contribution in [3.8, 4) is 0 Å². The Hall–Kier alpha value is -2.83. The maximum Gasteiger partial charge on any atom is 0.227 e. The van der Waals surface area contributed by atoms with Crippen molar-refractivity contribution in [2.75, 3.05) is 13.1 Å². The molecule has 1 N–H and O–H groups in total. The number of hydrogen-bond acceptors (Lipinski definition) is 4. The number of aryl methyl sites for hydroxylation is 2. The van der Waals surface area contributed by atoms with Gasteiger partial charge in [0.25, 0.3) is 0 Å². The molecule has 1 aliphatic carbocycles. The second-order valence-electron chi connectivity index (χ2n) is 9.09. The first-order valence-electron chi connectivity index (χ1n) is 11.5. The molecule has 1 aromatic carbocycles. The molecule has 1 aromatic heterocycles. The number of carbonyl (C=O) groups excluding carboxylic acids is 2. The fourth-order valence-corrected chi connectivity index (χ4v) is 4.84. The quantitative estimate of drug-likeness (QED) is 0.750. The first-order valence-corrected chi connectivity index (χ1v) is 11.5. The van der Waals surface area contributed by atoms with Gasteiger partial charge < -0.3 is 10.2 Å². The van der Waals surface area contributed by atoms with Crippen molar-refractivity contribution in [1.29, 1.82) is 0 Å². The standard InChI is InChI=1S/C25H31FN4O2/c1-16-22(14-23(31)29-21-8-3-4-9-21)17(2)28-25(27-16)19-10-11-30(15-19)24(32)13-18-6-5-7-20(26)12-18/h5-7,12,19,21H,3-4,8-11,13-15H2,1-2H3,(H,29,31)/t19-/m1/s1. The minimum atomic E-state index is -0.328. The van der Waals surface area contributed by atoms with E-state index in [-0.39, 0.29) is 30.0 Å². The van der Waals surface area contributed by atoms with Gasteiger partial charge in [-0.05, 0) is 50.8 Å². The molecule has 32 heavy (non-hydrogen) atoms. The van der Waals surface area contributed by atoms with E-state index in [0.717, 1.165) is 42.0 Å². The molecular weight excluding hydrogens is 407 g/mol. The van der Waals surface area contributed by atoms with Crippen molar-refractivity contribution in [2.45, 2.75) is 70.8 Å². The van der Waals surface area contributed by atoms with Crippen LogP contribution in [0.25, 0.3) is 0 Å². The van der Waals surface area contributed by atoms with Gasteiger partial charge in [0.15, 0.2) is 0 Å². The summed E-state index contributed by atoms with van der Waals surface area (Å²) in [6.45, 7) is 5.07. The summed E-state index contributed by atoms with van der Waals surface area (Å²) in [5, 5.41) is 3.13. The summed E-state index contributed by atoms with van der Waals surface area (Å²) in [7, 11) is 0. The van der Waals surface area contributed by atoms with Gasteiger partial charge in [-0.15, -0.1) is 0 Å². The van der Waals surface area contributed by atoms with Crippen LogP contribution in [-0.2, 0) is 22.4 Å². The van der Waals surface area contributed by atoms with Gasteiger partial charge >= 0.3 is 0 Å². The van der Waals surface area contributed by atoms with Crippen molar-refractivity contribution < 1.29 is 14.0 Å². The Labute approximate surface area is 188 Å². The van der Waals surface area contributed by atoms with E-state index in [2.05, 4.69) is 5.32 Å². The number of nitrogens with one attached hydrogen (secondary N) is 1. The van der Waals surface area contributed by atoms with E-state index in [9.17, 15) is 14.0 Å². The third-order valence-corrected chi connectivity index (χ3v) is 6.65. The Bertz CT molecular complexity index is 980. The molecule has 2 aromatic rings. The number of likely N-dealkylation sites (tertiary alicyclic amines) is 1. The number of hydrogen-bond donors (Lipinski definition) is 1. The van der Waals surface area contributed by atoms with Gasteiger partial charge in [-0.25, -0.2) is 14.4 Å². The van der Waals surface area contributed by atoms with E-state index in [1.165, 1.54) is 25.0 Å². The molecule has 2 fully saturated rings. The second-order valence-corrected chi connectivity index (χ2v) is 9.09. The molecule has 1 atom stereocenters. The molecular formula is C25H31FN4O2. The molecule has 170 valence electrons. The summed E-state index contributed by atoms with van der Waals surface area (Å²) in [5.74, 6) is 0.512. The summed E-state index contributed by atoms with van der Waals surface area (Å²) in [5.41, 5.74) is 3.24. The molecule has 4 rings (SSSR count). The highest BCUT2D eigenvalue weighted by atomic mass is 19.1. The van der Waals surface area contributed by atoms with Crippen LogP contribution in [0.15, 0.2) is 24.3 Å². The van der Waals surface area contributed by atoms with Gasteiger partial charge in [-0.2, -0.15) is 0 Å². The van der Waals surface area contributed by atoms with Gasteiger partial charge in [0, 0.05) is 42.0 Å². The molecule has 2 heterocycles. The lowest BCUT2D eigenvalue weighted by atomic mass is 10.0.